The summed E-state index contributed by atoms with van der Waals surface area (Å²) < 4.78 is 0. The molecule has 0 bridgehead atoms. The van der Waals surface area contributed by atoms with E-state index in [2.05, 4.69) is 23.8 Å². The molecule has 1 N–H and O–H groups in total. The van der Waals surface area contributed by atoms with Crippen LogP contribution in [-0.4, -0.2) is 44.6 Å². The van der Waals surface area contributed by atoms with Gasteiger partial charge in [0.05, 0.1) is 23.4 Å². The molecule has 1 aromatic rings. The number of halogens is 1. The average Bonchev–Trinajstić information content (AvgIpc) is 2.90. The van der Waals surface area contributed by atoms with Gasteiger partial charge in [0.2, 0.25) is 0 Å². The largest absolute Gasteiger partial charge is 0.394 e. The molecule has 6 heteroatoms. The molecule has 1 saturated heterocycles. The van der Waals surface area contributed by atoms with Gasteiger partial charge in [0.25, 0.3) is 5.91 Å². The van der Waals surface area contributed by atoms with Crippen molar-refractivity contribution >= 4 is 17.5 Å². The van der Waals surface area contributed by atoms with Crippen molar-refractivity contribution in [2.45, 2.75) is 58.4 Å². The Kier molecular flexibility index (Phi) is 5.63. The van der Waals surface area contributed by atoms with Crippen LogP contribution in [0.1, 0.15) is 69.2 Å². The molecule has 1 aliphatic rings. The minimum atomic E-state index is -0.502. The second-order valence-electron chi connectivity index (χ2n) is 7.12. The lowest BCUT2D eigenvalue weighted by molar-refractivity contribution is 0.0327. The summed E-state index contributed by atoms with van der Waals surface area (Å²) in [4.78, 5) is 23.4. The number of likely N-dealkylation sites (tertiary alicyclic amines) is 1. The summed E-state index contributed by atoms with van der Waals surface area (Å²) in [5.74, 6) is 0.917. The van der Waals surface area contributed by atoms with Gasteiger partial charge in [-0.1, -0.05) is 39.3 Å². The molecule has 0 aromatic carbocycles. The molecule has 0 unspecified atom stereocenters. The molecule has 128 valence electrons. The zero-order chi connectivity index (χ0) is 17.2. The first-order valence-corrected chi connectivity index (χ1v) is 8.64. The normalized spacial score (nSPS) is 21.5. The third-order valence-electron chi connectivity index (χ3n) is 4.41. The fourth-order valence-corrected chi connectivity index (χ4v) is 3.57. The highest BCUT2D eigenvalue weighted by atomic mass is 35.5. The van der Waals surface area contributed by atoms with Crippen LogP contribution in [0.2, 0.25) is 5.02 Å². The van der Waals surface area contributed by atoms with Gasteiger partial charge in [-0.25, -0.2) is 9.97 Å². The number of aliphatic hydroxyl groups is 1. The molecule has 2 rings (SSSR count). The molecule has 1 fully saturated rings. The van der Waals surface area contributed by atoms with Crippen molar-refractivity contribution in [3.63, 3.8) is 0 Å². The number of aliphatic hydroxyl groups excluding tert-OH is 1. The number of nitrogens with zero attached hydrogens (tertiary/aromatic N) is 3. The van der Waals surface area contributed by atoms with Crippen LogP contribution in [0.3, 0.4) is 0 Å². The first-order valence-electron chi connectivity index (χ1n) is 8.26. The van der Waals surface area contributed by atoms with Crippen molar-refractivity contribution in [3.05, 3.63) is 22.7 Å². The minimum Gasteiger partial charge on any atom is -0.394 e. The van der Waals surface area contributed by atoms with Gasteiger partial charge in [-0.15, -0.1) is 0 Å². The Morgan fingerprint density at radius 2 is 2.13 bits per heavy atom. The number of rotatable bonds is 5. The highest BCUT2D eigenvalue weighted by molar-refractivity contribution is 6.33. The Morgan fingerprint density at radius 3 is 2.70 bits per heavy atom. The van der Waals surface area contributed by atoms with Crippen molar-refractivity contribution in [2.75, 3.05) is 13.2 Å². The fraction of sp³-hybridized carbons (Fsp3) is 0.706. The van der Waals surface area contributed by atoms with Gasteiger partial charge < -0.3 is 10.0 Å². The summed E-state index contributed by atoms with van der Waals surface area (Å²) in [5, 5.41) is 10.3. The van der Waals surface area contributed by atoms with E-state index in [9.17, 15) is 9.90 Å². The molecule has 1 atom stereocenters. The van der Waals surface area contributed by atoms with Crippen LogP contribution in [0.15, 0.2) is 6.20 Å². The van der Waals surface area contributed by atoms with Gasteiger partial charge in [0, 0.05) is 12.5 Å². The van der Waals surface area contributed by atoms with Crippen LogP contribution >= 0.6 is 11.6 Å². The first kappa shape index (κ1) is 18.1. The Balaban J connectivity index is 2.37. The third-order valence-corrected chi connectivity index (χ3v) is 4.68. The van der Waals surface area contributed by atoms with E-state index in [1.807, 2.05) is 13.8 Å². The lowest BCUT2D eigenvalue weighted by Crippen LogP contribution is -2.51. The van der Waals surface area contributed by atoms with Gasteiger partial charge >= 0.3 is 0 Å². The quantitative estimate of drug-likeness (QED) is 0.894. The van der Waals surface area contributed by atoms with Gasteiger partial charge in [-0.2, -0.15) is 0 Å². The topological polar surface area (TPSA) is 66.3 Å². The average molecular weight is 340 g/mol. The summed E-state index contributed by atoms with van der Waals surface area (Å²) in [6.45, 7) is 8.76. The maximum absolute atomic E-state index is 13.0. The molecular formula is C17H26ClN3O2. The molecular weight excluding hydrogens is 314 g/mol. The lowest BCUT2D eigenvalue weighted by Gasteiger charge is -2.38. The number of carbonyl (C=O) groups is 1. The van der Waals surface area contributed by atoms with E-state index in [0.717, 1.165) is 19.3 Å². The van der Waals surface area contributed by atoms with Gasteiger partial charge in [0.15, 0.2) is 5.69 Å². The molecule has 23 heavy (non-hydrogen) atoms. The van der Waals surface area contributed by atoms with E-state index >= 15 is 0 Å². The van der Waals surface area contributed by atoms with Crippen LogP contribution in [-0.2, 0) is 0 Å². The molecule has 0 aliphatic carbocycles. The van der Waals surface area contributed by atoms with Crippen molar-refractivity contribution < 1.29 is 9.90 Å². The highest BCUT2D eigenvalue weighted by Crippen LogP contribution is 2.36. The van der Waals surface area contributed by atoms with Gasteiger partial charge in [0.1, 0.15) is 5.82 Å². The number of amides is 1. The summed E-state index contributed by atoms with van der Waals surface area (Å²) in [5.41, 5.74) is -0.258. The summed E-state index contributed by atoms with van der Waals surface area (Å²) in [6.07, 6.45) is 3.97. The maximum atomic E-state index is 13.0. The molecule has 0 spiro atoms. The van der Waals surface area contributed by atoms with Crippen molar-refractivity contribution in [2.24, 2.45) is 5.92 Å². The zero-order valence-electron chi connectivity index (χ0n) is 14.3. The molecule has 1 aromatic heterocycles. The fourth-order valence-electron chi connectivity index (χ4n) is 3.39. The van der Waals surface area contributed by atoms with Gasteiger partial charge in [-0.05, 0) is 25.2 Å². The Hall–Kier alpha value is -1.20. The van der Waals surface area contributed by atoms with E-state index in [4.69, 9.17) is 11.6 Å². The number of carbonyl (C=O) groups excluding carboxylic acids is 1. The first-order chi connectivity index (χ1) is 10.8. The number of aromatic nitrogens is 2. The van der Waals surface area contributed by atoms with E-state index in [1.54, 1.807) is 4.90 Å². The second kappa shape index (κ2) is 7.14. The molecule has 1 amide bonds. The number of hydrogen-bond donors (Lipinski definition) is 1. The maximum Gasteiger partial charge on any atom is 0.274 e. The standard InChI is InChI=1S/C17H26ClN3O2/c1-11(2)8-17(10-22)6-5-7-21(17)16(23)14-13(18)9-19-15(20-14)12(3)4/h9,11-12,22H,5-8,10H2,1-4H3/t17-/m0/s1. The Morgan fingerprint density at radius 1 is 1.43 bits per heavy atom. The summed E-state index contributed by atoms with van der Waals surface area (Å²) in [6, 6.07) is 0. The zero-order valence-corrected chi connectivity index (χ0v) is 15.1. The highest BCUT2D eigenvalue weighted by Gasteiger charge is 2.44. The predicted octanol–water partition coefficient (Wildman–Crippen LogP) is 3.27. The van der Waals surface area contributed by atoms with Crippen molar-refractivity contribution in [1.29, 1.82) is 0 Å². The minimum absolute atomic E-state index is 0.0311. The summed E-state index contributed by atoms with van der Waals surface area (Å²) in [7, 11) is 0. The lowest BCUT2D eigenvalue weighted by atomic mass is 9.87. The number of hydrogen-bond acceptors (Lipinski definition) is 4. The second-order valence-corrected chi connectivity index (χ2v) is 7.53. The molecule has 5 nitrogen and oxygen atoms in total. The van der Waals surface area contributed by atoms with Crippen LogP contribution in [0.4, 0.5) is 0 Å². The van der Waals surface area contributed by atoms with Crippen LogP contribution in [0.5, 0.6) is 0 Å². The predicted molar refractivity (Wildman–Crippen MR) is 90.7 cm³/mol. The van der Waals surface area contributed by atoms with E-state index in [-0.39, 0.29) is 29.1 Å². The van der Waals surface area contributed by atoms with Gasteiger partial charge in [-0.3, -0.25) is 4.79 Å². The Bertz CT molecular complexity index is 577. The Labute approximate surface area is 143 Å². The van der Waals surface area contributed by atoms with Crippen molar-refractivity contribution in [3.8, 4) is 0 Å². The smallest absolute Gasteiger partial charge is 0.274 e. The summed E-state index contributed by atoms with van der Waals surface area (Å²) >= 11 is 6.18. The molecule has 0 radical (unpaired) electrons. The van der Waals surface area contributed by atoms with Crippen LogP contribution in [0.25, 0.3) is 0 Å². The third kappa shape index (κ3) is 3.66. The molecule has 1 aliphatic heterocycles. The molecule has 0 saturated carbocycles. The molecule has 2 heterocycles. The van der Waals surface area contributed by atoms with Crippen molar-refractivity contribution in [1.82, 2.24) is 14.9 Å². The van der Waals surface area contributed by atoms with Crippen LogP contribution < -0.4 is 0 Å². The van der Waals surface area contributed by atoms with E-state index < -0.39 is 5.54 Å². The van der Waals surface area contributed by atoms with E-state index in [1.165, 1.54) is 6.20 Å². The van der Waals surface area contributed by atoms with E-state index in [0.29, 0.717) is 18.3 Å². The van der Waals surface area contributed by atoms with Crippen LogP contribution in [0, 0.1) is 5.92 Å². The monoisotopic (exact) mass is 339 g/mol. The SMILES string of the molecule is CC(C)C[C@]1(CO)CCCN1C(=O)c1nc(C(C)C)ncc1Cl.